The number of likely N-dealkylation sites (tertiary alicyclic amines) is 1. The largest absolute Gasteiger partial charge is 0.393 e. The number of benzene rings is 1. The van der Waals surface area contributed by atoms with Gasteiger partial charge in [0.25, 0.3) is 0 Å². The molecule has 1 heterocycles. The monoisotopic (exact) mass is 237 g/mol. The first-order chi connectivity index (χ1) is 8.15. The summed E-state index contributed by atoms with van der Waals surface area (Å²) in [6.45, 7) is 4.80. The third-order valence-electron chi connectivity index (χ3n) is 3.63. The molecule has 0 aromatic heterocycles. The fourth-order valence-corrected chi connectivity index (χ4v) is 2.44. The highest BCUT2D eigenvalue weighted by molar-refractivity contribution is 5.15. The van der Waals surface area contributed by atoms with Crippen molar-refractivity contribution in [2.45, 2.75) is 32.4 Å². The molecule has 1 aromatic carbocycles. The first kappa shape index (κ1) is 12.5. The zero-order chi connectivity index (χ0) is 12.3. The van der Waals surface area contributed by atoms with Crippen molar-refractivity contribution in [3.63, 3.8) is 0 Å². The smallest absolute Gasteiger partial charge is 0.123 e. The van der Waals surface area contributed by atoms with Gasteiger partial charge in [0.1, 0.15) is 5.82 Å². The molecule has 0 bridgehead atoms. The van der Waals surface area contributed by atoms with Crippen LogP contribution in [-0.2, 0) is 6.54 Å². The molecule has 1 fully saturated rings. The first-order valence-electron chi connectivity index (χ1n) is 6.30. The van der Waals surface area contributed by atoms with Crippen LogP contribution in [0.5, 0.6) is 0 Å². The number of aliphatic hydroxyl groups excluding tert-OH is 1. The van der Waals surface area contributed by atoms with E-state index in [1.165, 1.54) is 12.1 Å². The van der Waals surface area contributed by atoms with Gasteiger partial charge < -0.3 is 5.11 Å². The summed E-state index contributed by atoms with van der Waals surface area (Å²) in [5.74, 6) is 0.265. The van der Waals surface area contributed by atoms with Crippen LogP contribution < -0.4 is 0 Å². The van der Waals surface area contributed by atoms with Gasteiger partial charge in [-0.1, -0.05) is 12.1 Å². The van der Waals surface area contributed by atoms with Crippen LogP contribution in [0, 0.1) is 11.7 Å². The van der Waals surface area contributed by atoms with E-state index in [4.69, 9.17) is 0 Å². The summed E-state index contributed by atoms with van der Waals surface area (Å²) < 4.78 is 12.8. The number of aliphatic hydroxyl groups is 1. The summed E-state index contributed by atoms with van der Waals surface area (Å²) in [6, 6.07) is 6.71. The van der Waals surface area contributed by atoms with Gasteiger partial charge in [-0.3, -0.25) is 4.90 Å². The molecule has 1 aromatic rings. The second-order valence-electron chi connectivity index (χ2n) is 4.98. The van der Waals surface area contributed by atoms with E-state index in [0.717, 1.165) is 38.0 Å². The number of nitrogens with zero attached hydrogens (tertiary/aromatic N) is 1. The molecule has 0 amide bonds. The van der Waals surface area contributed by atoms with Crippen molar-refractivity contribution in [3.8, 4) is 0 Å². The van der Waals surface area contributed by atoms with E-state index in [-0.39, 0.29) is 11.9 Å². The van der Waals surface area contributed by atoms with Crippen molar-refractivity contribution < 1.29 is 9.50 Å². The molecular formula is C14H20FNO. The van der Waals surface area contributed by atoms with E-state index in [0.29, 0.717) is 5.92 Å². The van der Waals surface area contributed by atoms with Gasteiger partial charge in [0.15, 0.2) is 0 Å². The van der Waals surface area contributed by atoms with Gasteiger partial charge in [-0.25, -0.2) is 4.39 Å². The molecule has 94 valence electrons. The summed E-state index contributed by atoms with van der Waals surface area (Å²) >= 11 is 0. The fraction of sp³-hybridized carbons (Fsp3) is 0.571. The Bertz CT molecular complexity index is 342. The van der Waals surface area contributed by atoms with E-state index in [2.05, 4.69) is 4.90 Å². The third-order valence-corrected chi connectivity index (χ3v) is 3.63. The van der Waals surface area contributed by atoms with E-state index in [9.17, 15) is 9.50 Å². The van der Waals surface area contributed by atoms with Gasteiger partial charge in [0.2, 0.25) is 0 Å². The number of halogens is 1. The topological polar surface area (TPSA) is 23.5 Å². The molecular weight excluding hydrogens is 217 g/mol. The van der Waals surface area contributed by atoms with Crippen molar-refractivity contribution in [1.82, 2.24) is 4.90 Å². The lowest BCUT2D eigenvalue weighted by Gasteiger charge is -2.33. The molecule has 1 atom stereocenters. The van der Waals surface area contributed by atoms with E-state index < -0.39 is 0 Å². The number of hydrogen-bond donors (Lipinski definition) is 1. The molecule has 1 saturated heterocycles. The molecule has 1 unspecified atom stereocenters. The highest BCUT2D eigenvalue weighted by Crippen LogP contribution is 2.21. The molecule has 1 N–H and O–H groups in total. The van der Waals surface area contributed by atoms with Crippen LogP contribution in [0.15, 0.2) is 24.3 Å². The number of piperidine rings is 1. The lowest BCUT2D eigenvalue weighted by Crippen LogP contribution is -2.36. The van der Waals surface area contributed by atoms with Gasteiger partial charge in [0, 0.05) is 6.54 Å². The van der Waals surface area contributed by atoms with Crippen LogP contribution in [-0.4, -0.2) is 29.2 Å². The highest BCUT2D eigenvalue weighted by atomic mass is 19.1. The van der Waals surface area contributed by atoms with Crippen LogP contribution in [0.25, 0.3) is 0 Å². The van der Waals surface area contributed by atoms with Crippen molar-refractivity contribution in [2.75, 3.05) is 13.1 Å². The summed E-state index contributed by atoms with van der Waals surface area (Å²) in [6.07, 6.45) is 1.92. The van der Waals surface area contributed by atoms with Crippen LogP contribution >= 0.6 is 0 Å². The molecule has 2 nitrogen and oxygen atoms in total. The van der Waals surface area contributed by atoms with E-state index in [1.807, 2.05) is 19.1 Å². The van der Waals surface area contributed by atoms with Crippen molar-refractivity contribution >= 4 is 0 Å². The summed E-state index contributed by atoms with van der Waals surface area (Å²) in [7, 11) is 0. The lowest BCUT2D eigenvalue weighted by molar-refractivity contribution is 0.0695. The van der Waals surface area contributed by atoms with E-state index in [1.54, 1.807) is 0 Å². The number of rotatable bonds is 3. The Kier molecular flexibility index (Phi) is 4.13. The van der Waals surface area contributed by atoms with Gasteiger partial charge in [-0.05, 0) is 56.5 Å². The Morgan fingerprint density at radius 3 is 2.41 bits per heavy atom. The van der Waals surface area contributed by atoms with Gasteiger partial charge in [-0.15, -0.1) is 0 Å². The Morgan fingerprint density at radius 2 is 1.88 bits per heavy atom. The Morgan fingerprint density at radius 1 is 1.29 bits per heavy atom. The average molecular weight is 237 g/mol. The van der Waals surface area contributed by atoms with Crippen LogP contribution in [0.3, 0.4) is 0 Å². The van der Waals surface area contributed by atoms with Gasteiger partial charge in [-0.2, -0.15) is 0 Å². The Balaban J connectivity index is 1.84. The fourth-order valence-electron chi connectivity index (χ4n) is 2.44. The van der Waals surface area contributed by atoms with Crippen molar-refractivity contribution in [2.24, 2.45) is 5.92 Å². The third kappa shape index (κ3) is 3.51. The normalized spacial score (nSPS) is 20.4. The molecule has 3 heteroatoms. The zero-order valence-corrected chi connectivity index (χ0v) is 10.3. The maximum atomic E-state index is 12.8. The van der Waals surface area contributed by atoms with E-state index >= 15 is 0 Å². The van der Waals surface area contributed by atoms with Crippen LogP contribution in [0.4, 0.5) is 4.39 Å². The quantitative estimate of drug-likeness (QED) is 0.872. The summed E-state index contributed by atoms with van der Waals surface area (Å²) in [4.78, 5) is 2.37. The highest BCUT2D eigenvalue weighted by Gasteiger charge is 2.22. The molecule has 2 rings (SSSR count). The first-order valence-corrected chi connectivity index (χ1v) is 6.30. The molecule has 17 heavy (non-hydrogen) atoms. The second-order valence-corrected chi connectivity index (χ2v) is 4.98. The molecule has 0 saturated carbocycles. The maximum absolute atomic E-state index is 12.8. The van der Waals surface area contributed by atoms with Crippen molar-refractivity contribution in [3.05, 3.63) is 35.6 Å². The van der Waals surface area contributed by atoms with Gasteiger partial charge >= 0.3 is 0 Å². The maximum Gasteiger partial charge on any atom is 0.123 e. The number of hydrogen-bond acceptors (Lipinski definition) is 2. The predicted octanol–water partition coefficient (Wildman–Crippen LogP) is 2.42. The Hall–Kier alpha value is -0.930. The average Bonchev–Trinajstić information content (AvgIpc) is 2.33. The lowest BCUT2D eigenvalue weighted by atomic mass is 9.92. The second kappa shape index (κ2) is 5.61. The molecule has 1 aliphatic heterocycles. The summed E-state index contributed by atoms with van der Waals surface area (Å²) in [5, 5.41) is 9.52. The predicted molar refractivity (Wildman–Crippen MR) is 66.1 cm³/mol. The molecule has 0 radical (unpaired) electrons. The SMILES string of the molecule is CC(O)C1CCN(Cc2ccc(F)cc2)CC1. The molecule has 1 aliphatic rings. The van der Waals surface area contributed by atoms with Crippen LogP contribution in [0.2, 0.25) is 0 Å². The summed E-state index contributed by atoms with van der Waals surface area (Å²) in [5.41, 5.74) is 1.15. The minimum Gasteiger partial charge on any atom is -0.393 e. The molecule has 0 aliphatic carbocycles. The zero-order valence-electron chi connectivity index (χ0n) is 10.3. The van der Waals surface area contributed by atoms with Crippen LogP contribution in [0.1, 0.15) is 25.3 Å². The standard InChI is InChI=1S/C14H20FNO/c1-11(17)13-6-8-16(9-7-13)10-12-2-4-14(15)5-3-12/h2-5,11,13,17H,6-10H2,1H3. The Labute approximate surface area is 102 Å². The molecule has 0 spiro atoms. The minimum absolute atomic E-state index is 0.179. The van der Waals surface area contributed by atoms with Crippen molar-refractivity contribution in [1.29, 1.82) is 0 Å². The van der Waals surface area contributed by atoms with Gasteiger partial charge in [0.05, 0.1) is 6.10 Å². The minimum atomic E-state index is -0.192.